The van der Waals surface area contributed by atoms with Crippen LogP contribution in [0, 0.1) is 0 Å². The summed E-state index contributed by atoms with van der Waals surface area (Å²) in [5.74, 6) is 1.78. The highest BCUT2D eigenvalue weighted by molar-refractivity contribution is 6.18. The predicted molar refractivity (Wildman–Crippen MR) is 279 cm³/mol. The first-order valence-electron chi connectivity index (χ1n) is 23.5. The average molecular weight is 879 g/mol. The SMILES string of the molecule is c1ccc(-c2nc(-c3ccccc3)nc(-c3cccc4c3oc3c(-c5ccc6c(c5)c5c7c(ccc5n6-c5ccccc5)-c5ccccc5C75c6ccccc6-c6ccccc65)cccc34)n2)cc1. The van der Waals surface area contributed by atoms with Gasteiger partial charge in [0.25, 0.3) is 0 Å². The third-order valence-electron chi connectivity index (χ3n) is 14.7. The van der Waals surface area contributed by atoms with Crippen LogP contribution in [-0.2, 0) is 5.41 Å². The first-order valence-corrected chi connectivity index (χ1v) is 23.5. The molecular formula is C64H38N4O. The maximum absolute atomic E-state index is 7.15. The molecule has 0 saturated heterocycles. The number of fused-ring (bicyclic) bond motifs is 17. The summed E-state index contributed by atoms with van der Waals surface area (Å²) >= 11 is 0. The summed E-state index contributed by atoms with van der Waals surface area (Å²) in [6, 6.07) is 82.7. The van der Waals surface area contributed by atoms with Crippen molar-refractivity contribution in [2.24, 2.45) is 0 Å². The number of benzene rings is 10. The Morgan fingerprint density at radius 3 is 1.42 bits per heavy atom. The molecule has 0 unspecified atom stereocenters. The minimum Gasteiger partial charge on any atom is -0.455 e. The van der Waals surface area contributed by atoms with Crippen molar-refractivity contribution in [1.82, 2.24) is 19.5 Å². The molecule has 0 bridgehead atoms. The summed E-state index contributed by atoms with van der Waals surface area (Å²) in [5.41, 5.74) is 19.7. The molecule has 13 aromatic rings. The van der Waals surface area contributed by atoms with Gasteiger partial charge in [0.15, 0.2) is 17.5 Å². The molecule has 10 aromatic carbocycles. The molecule has 0 atom stereocenters. The highest BCUT2D eigenvalue weighted by atomic mass is 16.3. The molecule has 0 N–H and O–H groups in total. The Labute approximate surface area is 397 Å². The molecule has 0 saturated carbocycles. The maximum atomic E-state index is 7.15. The molecule has 69 heavy (non-hydrogen) atoms. The number of rotatable bonds is 5. The Hall–Kier alpha value is -9.19. The van der Waals surface area contributed by atoms with Crippen LogP contribution in [0.3, 0.4) is 0 Å². The normalized spacial score (nSPS) is 13.0. The van der Waals surface area contributed by atoms with Crippen LogP contribution in [0.1, 0.15) is 22.3 Å². The van der Waals surface area contributed by atoms with E-state index in [2.05, 4.69) is 174 Å². The Balaban J connectivity index is 0.994. The highest BCUT2D eigenvalue weighted by Gasteiger charge is 2.52. The molecule has 320 valence electrons. The van der Waals surface area contributed by atoms with Crippen LogP contribution in [-0.4, -0.2) is 19.5 Å². The van der Waals surface area contributed by atoms with Gasteiger partial charge in [0, 0.05) is 43.9 Å². The van der Waals surface area contributed by atoms with Crippen molar-refractivity contribution in [3.8, 4) is 73.2 Å². The first-order chi connectivity index (χ1) is 34.2. The van der Waals surface area contributed by atoms with Crippen LogP contribution in [0.4, 0.5) is 0 Å². The lowest BCUT2D eigenvalue weighted by Crippen LogP contribution is -2.26. The second kappa shape index (κ2) is 14.4. The van der Waals surface area contributed by atoms with Gasteiger partial charge in [-0.3, -0.25) is 0 Å². The third-order valence-corrected chi connectivity index (χ3v) is 14.7. The fourth-order valence-electron chi connectivity index (χ4n) is 11.9. The Morgan fingerprint density at radius 1 is 0.333 bits per heavy atom. The third kappa shape index (κ3) is 5.27. The van der Waals surface area contributed by atoms with E-state index >= 15 is 0 Å². The van der Waals surface area contributed by atoms with E-state index in [1.807, 2.05) is 60.7 Å². The van der Waals surface area contributed by atoms with E-state index in [9.17, 15) is 0 Å². The average Bonchev–Trinajstić information content (AvgIpc) is 4.15. The molecule has 5 nitrogen and oxygen atoms in total. The van der Waals surface area contributed by atoms with Crippen molar-refractivity contribution < 1.29 is 4.42 Å². The molecule has 5 heteroatoms. The van der Waals surface area contributed by atoms with Crippen molar-refractivity contribution in [2.45, 2.75) is 5.41 Å². The van der Waals surface area contributed by atoms with Gasteiger partial charge in [-0.2, -0.15) is 0 Å². The minimum atomic E-state index is -0.518. The lowest BCUT2D eigenvalue weighted by Gasteiger charge is -2.31. The van der Waals surface area contributed by atoms with Gasteiger partial charge in [0.1, 0.15) is 11.2 Å². The van der Waals surface area contributed by atoms with Crippen molar-refractivity contribution in [3.05, 3.63) is 253 Å². The van der Waals surface area contributed by atoms with Gasteiger partial charge in [0.2, 0.25) is 0 Å². The van der Waals surface area contributed by atoms with Crippen molar-refractivity contribution in [2.75, 3.05) is 0 Å². The topological polar surface area (TPSA) is 56.7 Å². The molecule has 0 aliphatic heterocycles. The van der Waals surface area contributed by atoms with Gasteiger partial charge in [0.05, 0.1) is 22.0 Å². The van der Waals surface area contributed by atoms with E-state index in [0.29, 0.717) is 17.5 Å². The van der Waals surface area contributed by atoms with E-state index in [4.69, 9.17) is 19.4 Å². The van der Waals surface area contributed by atoms with E-state index in [0.717, 1.165) is 61.0 Å². The van der Waals surface area contributed by atoms with Crippen LogP contribution in [0.5, 0.6) is 0 Å². The molecule has 0 radical (unpaired) electrons. The quantitative estimate of drug-likeness (QED) is 0.173. The molecule has 0 fully saturated rings. The Morgan fingerprint density at radius 2 is 0.812 bits per heavy atom. The maximum Gasteiger partial charge on any atom is 0.167 e. The van der Waals surface area contributed by atoms with Crippen molar-refractivity contribution >= 4 is 43.7 Å². The van der Waals surface area contributed by atoms with Gasteiger partial charge in [-0.1, -0.05) is 194 Å². The predicted octanol–water partition coefficient (Wildman–Crippen LogP) is 15.9. The van der Waals surface area contributed by atoms with Gasteiger partial charge in [-0.05, 0) is 86.5 Å². The summed E-state index contributed by atoms with van der Waals surface area (Å²) in [7, 11) is 0. The van der Waals surface area contributed by atoms with E-state index in [1.54, 1.807) is 0 Å². The summed E-state index contributed by atoms with van der Waals surface area (Å²) in [6.45, 7) is 0. The van der Waals surface area contributed by atoms with E-state index in [-0.39, 0.29) is 0 Å². The number of aromatic nitrogens is 4. The molecule has 2 aliphatic rings. The lowest BCUT2D eigenvalue weighted by molar-refractivity contribution is 0.670. The fraction of sp³-hybridized carbons (Fsp3) is 0.0156. The van der Waals surface area contributed by atoms with E-state index in [1.165, 1.54) is 60.8 Å². The molecule has 0 amide bonds. The number of hydrogen-bond donors (Lipinski definition) is 0. The van der Waals surface area contributed by atoms with Crippen LogP contribution < -0.4 is 0 Å². The standard InChI is InChI=1S/C64H38N4O/c1-4-18-39(19-5-1)61-65-62(40-20-6-2-7-21-40)67-63(66-61)50-30-17-29-49-48-28-16-27-43(59(48)69-60(49)50)41-34-36-55-51(38-41)57-56(68(55)42-22-8-3-9-23-42)37-35-47-46-26-12-15-33-54(46)64(58(47)57)52-31-13-10-24-44(52)45-25-11-14-32-53(45)64/h1-38H. The fourth-order valence-corrected chi connectivity index (χ4v) is 11.9. The molecular weight excluding hydrogens is 841 g/mol. The molecule has 3 aromatic heterocycles. The van der Waals surface area contributed by atoms with Gasteiger partial charge in [-0.15, -0.1) is 0 Å². The number of furan rings is 1. The Bertz CT molecular complexity index is 4120. The summed E-state index contributed by atoms with van der Waals surface area (Å²) in [4.78, 5) is 15.2. The zero-order valence-corrected chi connectivity index (χ0v) is 37.1. The molecule has 3 heterocycles. The van der Waals surface area contributed by atoms with Gasteiger partial charge in [-0.25, -0.2) is 15.0 Å². The van der Waals surface area contributed by atoms with Crippen LogP contribution >= 0.6 is 0 Å². The zero-order valence-electron chi connectivity index (χ0n) is 37.1. The van der Waals surface area contributed by atoms with Crippen LogP contribution in [0.25, 0.3) is 117 Å². The summed E-state index contributed by atoms with van der Waals surface area (Å²) < 4.78 is 9.61. The lowest BCUT2D eigenvalue weighted by atomic mass is 9.69. The highest BCUT2D eigenvalue weighted by Crippen LogP contribution is 2.65. The first kappa shape index (κ1) is 38.0. The number of hydrogen-bond acceptors (Lipinski definition) is 4. The minimum absolute atomic E-state index is 0.518. The van der Waals surface area contributed by atoms with Crippen LogP contribution in [0.2, 0.25) is 0 Å². The van der Waals surface area contributed by atoms with Crippen molar-refractivity contribution in [3.63, 3.8) is 0 Å². The smallest absolute Gasteiger partial charge is 0.167 e. The van der Waals surface area contributed by atoms with E-state index < -0.39 is 5.41 Å². The Kier molecular flexibility index (Phi) is 7.93. The molecule has 2 aliphatic carbocycles. The van der Waals surface area contributed by atoms with Crippen LogP contribution in [0.15, 0.2) is 235 Å². The van der Waals surface area contributed by atoms with Gasteiger partial charge < -0.3 is 8.98 Å². The second-order valence-electron chi connectivity index (χ2n) is 18.2. The molecule has 1 spiro atoms. The molecule has 15 rings (SSSR count). The zero-order chi connectivity index (χ0) is 45.2. The summed E-state index contributed by atoms with van der Waals surface area (Å²) in [6.07, 6.45) is 0. The second-order valence-corrected chi connectivity index (χ2v) is 18.2. The van der Waals surface area contributed by atoms with Crippen molar-refractivity contribution in [1.29, 1.82) is 0 Å². The largest absolute Gasteiger partial charge is 0.455 e. The van der Waals surface area contributed by atoms with Gasteiger partial charge >= 0.3 is 0 Å². The monoisotopic (exact) mass is 878 g/mol. The number of nitrogens with zero attached hydrogens (tertiary/aromatic N) is 4. The number of para-hydroxylation sites is 3. The summed E-state index contributed by atoms with van der Waals surface area (Å²) in [5, 5.41) is 4.49.